The second-order valence-electron chi connectivity index (χ2n) is 8.56. The molecule has 0 N–H and O–H groups in total. The van der Waals surface area contributed by atoms with Gasteiger partial charge in [-0.05, 0) is 50.3 Å². The van der Waals surface area contributed by atoms with Gasteiger partial charge in [-0.25, -0.2) is 0 Å². The van der Waals surface area contributed by atoms with E-state index in [0.29, 0.717) is 12.0 Å². The molecule has 27 heavy (non-hydrogen) atoms. The summed E-state index contributed by atoms with van der Waals surface area (Å²) >= 11 is 0. The summed E-state index contributed by atoms with van der Waals surface area (Å²) < 4.78 is 0. The van der Waals surface area contributed by atoms with E-state index in [1.54, 1.807) is 0 Å². The summed E-state index contributed by atoms with van der Waals surface area (Å²) in [7, 11) is 0. The minimum absolute atomic E-state index is 0.267. The summed E-state index contributed by atoms with van der Waals surface area (Å²) in [6.07, 6.45) is 4.19. The summed E-state index contributed by atoms with van der Waals surface area (Å²) in [6, 6.07) is 16.6. The number of fused-ring (bicyclic) bond motifs is 4. The van der Waals surface area contributed by atoms with Gasteiger partial charge in [-0.1, -0.05) is 36.4 Å². The molecule has 4 heteroatoms. The molecule has 0 saturated carbocycles. The molecule has 3 aliphatic rings. The van der Waals surface area contributed by atoms with Crippen LogP contribution < -0.4 is 0 Å². The van der Waals surface area contributed by atoms with E-state index in [-0.39, 0.29) is 5.91 Å². The first-order valence-electron chi connectivity index (χ1n) is 10.0. The molecule has 1 amide bonds. The summed E-state index contributed by atoms with van der Waals surface area (Å²) in [5.74, 6) is 0.825. The number of hydrogen-bond donors (Lipinski definition) is 0. The summed E-state index contributed by atoms with van der Waals surface area (Å²) in [5, 5.41) is 0. The third-order valence-corrected chi connectivity index (χ3v) is 6.19. The molecule has 2 bridgehead atoms. The van der Waals surface area contributed by atoms with Crippen molar-refractivity contribution >= 4 is 5.91 Å². The molecule has 3 aliphatic heterocycles. The molecule has 0 aliphatic carbocycles. The van der Waals surface area contributed by atoms with E-state index >= 15 is 0 Å². The standard InChI is InChI=1S/C23H29N3O/c1-23(2,19-8-4-3-5-9-19)22(27)26-15-18-11-12-21(26)17-25(14-18)16-20-10-6-7-13-24-20/h3-10,13,18,21H,11-12,14-17H2,1-2H3/t18-,21+/m1/s1. The maximum atomic E-state index is 13.5. The highest BCUT2D eigenvalue weighted by Crippen LogP contribution is 2.33. The van der Waals surface area contributed by atoms with Crippen molar-refractivity contribution in [3.8, 4) is 0 Å². The molecule has 0 unspecified atom stereocenters. The quantitative estimate of drug-likeness (QED) is 0.834. The number of amides is 1. The van der Waals surface area contributed by atoms with Crippen molar-refractivity contribution in [2.45, 2.75) is 44.7 Å². The third kappa shape index (κ3) is 3.77. The first kappa shape index (κ1) is 18.2. The van der Waals surface area contributed by atoms with Crippen LogP contribution in [0.5, 0.6) is 0 Å². The van der Waals surface area contributed by atoms with Gasteiger partial charge < -0.3 is 4.90 Å². The van der Waals surface area contributed by atoms with Gasteiger partial charge in [0, 0.05) is 38.4 Å². The van der Waals surface area contributed by atoms with Crippen LogP contribution in [0, 0.1) is 5.92 Å². The van der Waals surface area contributed by atoms with Gasteiger partial charge in [0.25, 0.3) is 0 Å². The Morgan fingerprint density at radius 3 is 2.56 bits per heavy atom. The second kappa shape index (κ2) is 7.43. The summed E-state index contributed by atoms with van der Waals surface area (Å²) in [5.41, 5.74) is 1.72. The molecule has 0 spiro atoms. The Morgan fingerprint density at radius 1 is 1.04 bits per heavy atom. The highest BCUT2D eigenvalue weighted by atomic mass is 16.2. The number of carbonyl (C=O) groups excluding carboxylic acids is 1. The lowest BCUT2D eigenvalue weighted by Gasteiger charge is -2.41. The zero-order valence-corrected chi connectivity index (χ0v) is 16.3. The average molecular weight is 364 g/mol. The number of carbonyl (C=O) groups is 1. The van der Waals surface area contributed by atoms with Crippen molar-refractivity contribution in [2.75, 3.05) is 19.6 Å². The van der Waals surface area contributed by atoms with Crippen LogP contribution in [0.3, 0.4) is 0 Å². The number of benzene rings is 1. The van der Waals surface area contributed by atoms with E-state index in [4.69, 9.17) is 0 Å². The summed E-state index contributed by atoms with van der Waals surface area (Å²) in [4.78, 5) is 22.7. The molecule has 0 radical (unpaired) electrons. The van der Waals surface area contributed by atoms with E-state index in [0.717, 1.165) is 43.9 Å². The van der Waals surface area contributed by atoms with Crippen LogP contribution in [0.15, 0.2) is 54.7 Å². The van der Waals surface area contributed by atoms with E-state index in [9.17, 15) is 4.79 Å². The SMILES string of the molecule is CC(C)(C(=O)N1C[C@@H]2CC[C@H]1CN(Cc1ccccn1)C2)c1ccccc1. The van der Waals surface area contributed by atoms with E-state index in [2.05, 4.69) is 46.8 Å². The number of aromatic nitrogens is 1. The third-order valence-electron chi connectivity index (χ3n) is 6.19. The molecule has 2 atom stereocenters. The van der Waals surface area contributed by atoms with Crippen molar-refractivity contribution < 1.29 is 4.79 Å². The fourth-order valence-electron chi connectivity index (χ4n) is 4.61. The van der Waals surface area contributed by atoms with Gasteiger partial charge in [-0.3, -0.25) is 14.7 Å². The predicted octanol–water partition coefficient (Wildman–Crippen LogP) is 3.48. The molecule has 5 rings (SSSR count). The number of nitrogens with zero attached hydrogens (tertiary/aromatic N) is 3. The van der Waals surface area contributed by atoms with E-state index in [1.807, 2.05) is 36.5 Å². The molecule has 3 saturated heterocycles. The maximum Gasteiger partial charge on any atom is 0.232 e. The van der Waals surface area contributed by atoms with Crippen LogP contribution in [0.2, 0.25) is 0 Å². The van der Waals surface area contributed by atoms with E-state index < -0.39 is 5.41 Å². The Balaban J connectivity index is 1.51. The monoisotopic (exact) mass is 363 g/mol. The Hall–Kier alpha value is -2.20. The highest BCUT2D eigenvalue weighted by Gasteiger charge is 2.42. The van der Waals surface area contributed by atoms with Crippen molar-refractivity contribution in [3.05, 3.63) is 66.0 Å². The number of pyridine rings is 1. The van der Waals surface area contributed by atoms with Crippen molar-refractivity contribution in [1.82, 2.24) is 14.8 Å². The molecule has 1 aromatic heterocycles. The molecule has 4 nitrogen and oxygen atoms in total. The molecular weight excluding hydrogens is 334 g/mol. The Labute approximate surface area is 162 Å². The Morgan fingerprint density at radius 2 is 1.81 bits per heavy atom. The number of piperidine rings is 1. The Bertz CT molecular complexity index is 775. The first-order valence-corrected chi connectivity index (χ1v) is 10.0. The lowest BCUT2D eigenvalue weighted by molar-refractivity contribution is -0.140. The van der Waals surface area contributed by atoms with Crippen LogP contribution in [-0.4, -0.2) is 46.4 Å². The fraction of sp³-hybridized carbons (Fsp3) is 0.478. The molecule has 142 valence electrons. The van der Waals surface area contributed by atoms with Crippen LogP contribution >= 0.6 is 0 Å². The van der Waals surface area contributed by atoms with E-state index in [1.165, 1.54) is 6.42 Å². The minimum atomic E-state index is -0.489. The minimum Gasteiger partial charge on any atom is -0.337 e. The van der Waals surface area contributed by atoms with Crippen molar-refractivity contribution in [2.24, 2.45) is 5.92 Å². The molecule has 3 fully saturated rings. The molecular formula is C23H29N3O. The highest BCUT2D eigenvalue weighted by molar-refractivity contribution is 5.87. The van der Waals surface area contributed by atoms with Gasteiger partial charge in [-0.2, -0.15) is 0 Å². The smallest absolute Gasteiger partial charge is 0.232 e. The number of rotatable bonds is 4. The lowest BCUT2D eigenvalue weighted by Crippen LogP contribution is -2.53. The average Bonchev–Trinajstić information content (AvgIpc) is 2.99. The van der Waals surface area contributed by atoms with Crippen LogP contribution in [0.4, 0.5) is 0 Å². The normalized spacial score (nSPS) is 23.3. The molecule has 1 aromatic carbocycles. The predicted molar refractivity (Wildman–Crippen MR) is 107 cm³/mol. The maximum absolute atomic E-state index is 13.5. The van der Waals surface area contributed by atoms with Crippen LogP contribution in [0.25, 0.3) is 0 Å². The summed E-state index contributed by atoms with van der Waals surface area (Å²) in [6.45, 7) is 7.90. The topological polar surface area (TPSA) is 36.4 Å². The van der Waals surface area contributed by atoms with Crippen molar-refractivity contribution in [1.29, 1.82) is 0 Å². The lowest BCUT2D eigenvalue weighted by atomic mass is 9.81. The first-order chi connectivity index (χ1) is 13.0. The van der Waals surface area contributed by atoms with Gasteiger partial charge in [0.1, 0.15) is 0 Å². The molecule has 2 aromatic rings. The zero-order chi connectivity index (χ0) is 18.9. The Kier molecular flexibility index (Phi) is 5.00. The van der Waals surface area contributed by atoms with Crippen molar-refractivity contribution in [3.63, 3.8) is 0 Å². The second-order valence-corrected chi connectivity index (χ2v) is 8.56. The van der Waals surface area contributed by atoms with Gasteiger partial charge in [-0.15, -0.1) is 0 Å². The van der Waals surface area contributed by atoms with Gasteiger partial charge in [0.2, 0.25) is 5.91 Å². The zero-order valence-electron chi connectivity index (χ0n) is 16.3. The van der Waals surface area contributed by atoms with Crippen LogP contribution in [-0.2, 0) is 16.8 Å². The van der Waals surface area contributed by atoms with Crippen LogP contribution in [0.1, 0.15) is 37.9 Å². The molecule has 4 heterocycles. The number of hydrogen-bond acceptors (Lipinski definition) is 3. The largest absolute Gasteiger partial charge is 0.337 e. The fourth-order valence-corrected chi connectivity index (χ4v) is 4.61. The van der Waals surface area contributed by atoms with Gasteiger partial charge in [0.15, 0.2) is 0 Å². The van der Waals surface area contributed by atoms with Gasteiger partial charge >= 0.3 is 0 Å². The van der Waals surface area contributed by atoms with Gasteiger partial charge in [0.05, 0.1) is 11.1 Å².